The van der Waals surface area contributed by atoms with Gasteiger partial charge in [-0.05, 0) is 43.9 Å². The van der Waals surface area contributed by atoms with Crippen LogP contribution in [0.4, 0.5) is 5.69 Å². The molecule has 0 aliphatic carbocycles. The standard InChI is InChI=1S/C19H23N3O3/c1-5-12(2)15-6-8-16(9-7-15)22-18(23)14(4)25-19(24)17-11-20-13(3)10-21-17/h6-12,14H,5H2,1-4H3,(H,22,23)/t12-,14+/m0/s1. The zero-order valence-corrected chi connectivity index (χ0v) is 14.9. The molecule has 0 spiro atoms. The van der Waals surface area contributed by atoms with Gasteiger partial charge in [0.1, 0.15) is 0 Å². The molecule has 25 heavy (non-hydrogen) atoms. The highest BCUT2D eigenvalue weighted by Gasteiger charge is 2.20. The van der Waals surface area contributed by atoms with Crippen LogP contribution < -0.4 is 5.32 Å². The van der Waals surface area contributed by atoms with Crippen molar-refractivity contribution in [2.75, 3.05) is 5.32 Å². The summed E-state index contributed by atoms with van der Waals surface area (Å²) < 4.78 is 5.14. The van der Waals surface area contributed by atoms with Crippen LogP contribution in [0.25, 0.3) is 0 Å². The number of benzene rings is 1. The summed E-state index contributed by atoms with van der Waals surface area (Å²) in [6.07, 6.45) is 2.92. The molecule has 1 aromatic heterocycles. The molecule has 2 rings (SSSR count). The normalized spacial score (nSPS) is 13.0. The molecule has 0 bridgehead atoms. The molecule has 1 amide bonds. The zero-order valence-electron chi connectivity index (χ0n) is 14.9. The number of rotatable bonds is 6. The molecule has 0 saturated carbocycles. The van der Waals surface area contributed by atoms with E-state index >= 15 is 0 Å². The van der Waals surface area contributed by atoms with Crippen LogP contribution >= 0.6 is 0 Å². The maximum atomic E-state index is 12.2. The van der Waals surface area contributed by atoms with Gasteiger partial charge in [0.25, 0.3) is 5.91 Å². The summed E-state index contributed by atoms with van der Waals surface area (Å²) >= 11 is 0. The van der Waals surface area contributed by atoms with Gasteiger partial charge in [-0.3, -0.25) is 9.78 Å². The Balaban J connectivity index is 1.93. The minimum atomic E-state index is -0.940. The van der Waals surface area contributed by atoms with Gasteiger partial charge in [-0.25, -0.2) is 9.78 Å². The summed E-state index contributed by atoms with van der Waals surface area (Å²) in [5.74, 6) is -0.604. The average Bonchev–Trinajstić information content (AvgIpc) is 2.62. The number of nitrogens with one attached hydrogen (secondary N) is 1. The minimum Gasteiger partial charge on any atom is -0.448 e. The lowest BCUT2D eigenvalue weighted by Gasteiger charge is -2.14. The second-order valence-corrected chi connectivity index (χ2v) is 6.01. The van der Waals surface area contributed by atoms with E-state index in [4.69, 9.17) is 4.74 Å². The van der Waals surface area contributed by atoms with Crippen LogP contribution in [0.5, 0.6) is 0 Å². The van der Waals surface area contributed by atoms with E-state index in [0.717, 1.165) is 6.42 Å². The fraction of sp³-hybridized carbons (Fsp3) is 0.368. The highest BCUT2D eigenvalue weighted by molar-refractivity contribution is 5.96. The molecule has 1 heterocycles. The molecular formula is C19H23N3O3. The zero-order chi connectivity index (χ0) is 18.4. The van der Waals surface area contributed by atoms with Crippen LogP contribution in [0.15, 0.2) is 36.7 Å². The van der Waals surface area contributed by atoms with Crippen LogP contribution in [0.2, 0.25) is 0 Å². The molecule has 2 aromatic rings. The van der Waals surface area contributed by atoms with Crippen molar-refractivity contribution in [1.82, 2.24) is 9.97 Å². The van der Waals surface area contributed by atoms with E-state index in [9.17, 15) is 9.59 Å². The molecule has 0 saturated heterocycles. The molecule has 0 radical (unpaired) electrons. The Hall–Kier alpha value is -2.76. The maximum Gasteiger partial charge on any atom is 0.359 e. The molecule has 132 valence electrons. The van der Waals surface area contributed by atoms with Crippen molar-refractivity contribution >= 4 is 17.6 Å². The maximum absolute atomic E-state index is 12.2. The largest absolute Gasteiger partial charge is 0.448 e. The molecule has 0 unspecified atom stereocenters. The summed E-state index contributed by atoms with van der Waals surface area (Å²) in [4.78, 5) is 32.1. The van der Waals surface area contributed by atoms with Crippen LogP contribution in [0.3, 0.4) is 0 Å². The van der Waals surface area contributed by atoms with E-state index < -0.39 is 18.0 Å². The Morgan fingerprint density at radius 2 is 1.80 bits per heavy atom. The fourth-order valence-corrected chi connectivity index (χ4v) is 2.15. The van der Waals surface area contributed by atoms with Crippen LogP contribution in [0.1, 0.15) is 54.9 Å². The number of nitrogens with zero attached hydrogens (tertiary/aromatic N) is 2. The predicted octanol–water partition coefficient (Wildman–Crippen LogP) is 3.48. The number of aryl methyl sites for hydroxylation is 1. The van der Waals surface area contributed by atoms with Crippen molar-refractivity contribution < 1.29 is 14.3 Å². The number of esters is 1. The Bertz CT molecular complexity index is 727. The summed E-state index contributed by atoms with van der Waals surface area (Å²) in [6.45, 7) is 7.57. The van der Waals surface area contributed by atoms with E-state index in [2.05, 4.69) is 29.1 Å². The molecule has 6 nitrogen and oxygen atoms in total. The number of carbonyl (C=O) groups is 2. The third-order valence-corrected chi connectivity index (χ3v) is 4.00. The molecular weight excluding hydrogens is 318 g/mol. The lowest BCUT2D eigenvalue weighted by atomic mass is 9.99. The molecule has 0 fully saturated rings. The molecule has 0 aliphatic heterocycles. The topological polar surface area (TPSA) is 81.2 Å². The average molecular weight is 341 g/mol. The highest BCUT2D eigenvalue weighted by Crippen LogP contribution is 2.20. The summed E-state index contributed by atoms with van der Waals surface area (Å²) in [6, 6.07) is 7.67. The first-order valence-corrected chi connectivity index (χ1v) is 8.31. The summed E-state index contributed by atoms with van der Waals surface area (Å²) in [7, 11) is 0. The van der Waals surface area contributed by atoms with Gasteiger partial charge in [0.05, 0.1) is 11.9 Å². The van der Waals surface area contributed by atoms with Gasteiger partial charge in [0, 0.05) is 11.9 Å². The first-order valence-electron chi connectivity index (χ1n) is 8.31. The van der Waals surface area contributed by atoms with E-state index in [0.29, 0.717) is 17.3 Å². The van der Waals surface area contributed by atoms with Gasteiger partial charge in [-0.2, -0.15) is 0 Å². The molecule has 1 aromatic carbocycles. The number of ether oxygens (including phenoxy) is 1. The van der Waals surface area contributed by atoms with Crippen molar-refractivity contribution in [3.63, 3.8) is 0 Å². The number of hydrogen-bond acceptors (Lipinski definition) is 5. The molecule has 1 N–H and O–H groups in total. The molecule has 6 heteroatoms. The number of hydrogen-bond donors (Lipinski definition) is 1. The smallest absolute Gasteiger partial charge is 0.359 e. The van der Waals surface area contributed by atoms with Crippen molar-refractivity contribution in [2.24, 2.45) is 0 Å². The minimum absolute atomic E-state index is 0.0724. The monoisotopic (exact) mass is 341 g/mol. The van der Waals surface area contributed by atoms with Gasteiger partial charge in [-0.1, -0.05) is 26.0 Å². The number of carbonyl (C=O) groups excluding carboxylic acids is 2. The van der Waals surface area contributed by atoms with Crippen LogP contribution in [0, 0.1) is 6.92 Å². The summed E-state index contributed by atoms with van der Waals surface area (Å²) in [5, 5.41) is 2.74. The van der Waals surface area contributed by atoms with Crippen LogP contribution in [-0.2, 0) is 9.53 Å². The Morgan fingerprint density at radius 3 is 2.36 bits per heavy atom. The lowest BCUT2D eigenvalue weighted by Crippen LogP contribution is -2.30. The molecule has 0 aliphatic rings. The third-order valence-electron chi connectivity index (χ3n) is 4.00. The van der Waals surface area contributed by atoms with E-state index in [-0.39, 0.29) is 5.69 Å². The highest BCUT2D eigenvalue weighted by atomic mass is 16.5. The first-order chi connectivity index (χ1) is 11.9. The van der Waals surface area contributed by atoms with E-state index in [1.54, 1.807) is 6.92 Å². The van der Waals surface area contributed by atoms with Gasteiger partial charge in [0.2, 0.25) is 0 Å². The predicted molar refractivity (Wildman–Crippen MR) is 95.4 cm³/mol. The fourth-order valence-electron chi connectivity index (χ4n) is 2.15. The Morgan fingerprint density at radius 1 is 1.12 bits per heavy atom. The number of amides is 1. The van der Waals surface area contributed by atoms with Gasteiger partial charge >= 0.3 is 5.97 Å². The molecule has 2 atom stereocenters. The van der Waals surface area contributed by atoms with Crippen molar-refractivity contribution in [2.45, 2.75) is 46.1 Å². The Labute approximate surface area is 147 Å². The second-order valence-electron chi connectivity index (χ2n) is 6.01. The summed E-state index contributed by atoms with van der Waals surface area (Å²) in [5.41, 5.74) is 2.65. The van der Waals surface area contributed by atoms with Crippen molar-refractivity contribution in [1.29, 1.82) is 0 Å². The second kappa shape index (κ2) is 8.37. The first kappa shape index (κ1) is 18.6. The number of anilines is 1. The van der Waals surface area contributed by atoms with Gasteiger partial charge in [-0.15, -0.1) is 0 Å². The number of aromatic nitrogens is 2. The SMILES string of the molecule is CC[C@H](C)c1ccc(NC(=O)[C@@H](C)OC(=O)c2cnc(C)cn2)cc1. The lowest BCUT2D eigenvalue weighted by molar-refractivity contribution is -0.123. The van der Waals surface area contributed by atoms with Gasteiger partial charge in [0.15, 0.2) is 11.8 Å². The van der Waals surface area contributed by atoms with E-state index in [1.807, 2.05) is 24.3 Å². The van der Waals surface area contributed by atoms with Crippen molar-refractivity contribution in [3.05, 3.63) is 53.6 Å². The third kappa shape index (κ3) is 5.11. The Kier molecular flexibility index (Phi) is 6.22. The quantitative estimate of drug-likeness (QED) is 0.814. The van der Waals surface area contributed by atoms with Gasteiger partial charge < -0.3 is 10.1 Å². The van der Waals surface area contributed by atoms with Crippen LogP contribution in [-0.4, -0.2) is 27.9 Å². The van der Waals surface area contributed by atoms with E-state index in [1.165, 1.54) is 24.9 Å². The van der Waals surface area contributed by atoms with Crippen molar-refractivity contribution in [3.8, 4) is 0 Å².